The van der Waals surface area contributed by atoms with Crippen LogP contribution in [0.5, 0.6) is 11.5 Å². The Hall–Kier alpha value is -4.38. The van der Waals surface area contributed by atoms with Crippen LogP contribution in [-0.2, 0) is 0 Å². The van der Waals surface area contributed by atoms with Gasteiger partial charge in [0.2, 0.25) is 5.82 Å². The molecule has 4 heterocycles. The first-order valence-electron chi connectivity index (χ1n) is 10.1. The molecule has 2 N–H and O–H groups in total. The van der Waals surface area contributed by atoms with Gasteiger partial charge in [-0.3, -0.25) is 0 Å². The van der Waals surface area contributed by atoms with Crippen molar-refractivity contribution in [1.29, 1.82) is 0 Å². The van der Waals surface area contributed by atoms with Crippen LogP contribution >= 0.6 is 11.8 Å². The third kappa shape index (κ3) is 4.99. The Labute approximate surface area is 197 Å². The van der Waals surface area contributed by atoms with Crippen LogP contribution in [-0.4, -0.2) is 35.6 Å². The first-order valence-corrected chi connectivity index (χ1v) is 11.0. The van der Waals surface area contributed by atoms with Gasteiger partial charge in [-0.25, -0.2) is 19.3 Å². The van der Waals surface area contributed by atoms with E-state index in [1.54, 1.807) is 36.8 Å². The normalized spacial score (nSPS) is 10.8. The number of anilines is 2. The van der Waals surface area contributed by atoms with E-state index in [0.717, 1.165) is 15.5 Å². The SMILES string of the molecule is Cc1cccnc1Sc1cnc(Nc2ccc(-c3nn[nH]n3)cn2)c(Oc2ccc(F)cc2)c1. The molecule has 0 amide bonds. The number of hydrogen-bond donors (Lipinski definition) is 2. The topological polar surface area (TPSA) is 114 Å². The molecule has 11 heteroatoms. The summed E-state index contributed by atoms with van der Waals surface area (Å²) in [6.45, 7) is 2.00. The van der Waals surface area contributed by atoms with Gasteiger partial charge in [0.25, 0.3) is 0 Å². The van der Waals surface area contributed by atoms with Gasteiger partial charge in [0, 0.05) is 35.1 Å². The third-order valence-corrected chi connectivity index (χ3v) is 5.74. The van der Waals surface area contributed by atoms with Gasteiger partial charge in [-0.1, -0.05) is 17.8 Å². The summed E-state index contributed by atoms with van der Waals surface area (Å²) < 4.78 is 19.4. The smallest absolute Gasteiger partial charge is 0.206 e. The first-order chi connectivity index (χ1) is 16.6. The molecule has 0 aliphatic rings. The summed E-state index contributed by atoms with van der Waals surface area (Å²) in [6, 6.07) is 15.1. The van der Waals surface area contributed by atoms with Crippen LogP contribution < -0.4 is 10.1 Å². The van der Waals surface area contributed by atoms with Crippen LogP contribution in [0.25, 0.3) is 11.4 Å². The Balaban J connectivity index is 1.43. The molecule has 4 aromatic heterocycles. The van der Waals surface area contributed by atoms with Crippen LogP contribution in [0.15, 0.2) is 83.1 Å². The standard InChI is InChI=1S/C23H17FN8OS/c1-14-3-2-10-25-23(14)34-18-11-19(33-17-7-5-16(24)6-8-17)22(27-13-18)28-20-9-4-15(12-26-20)21-29-31-32-30-21/h2-13H,1H3,(H,26,27,28)(H,29,30,31,32). The van der Waals surface area contributed by atoms with Crippen molar-refractivity contribution in [3.8, 4) is 22.9 Å². The maximum atomic E-state index is 13.4. The van der Waals surface area contributed by atoms with Crippen LogP contribution in [0, 0.1) is 12.7 Å². The van der Waals surface area contributed by atoms with E-state index >= 15 is 0 Å². The third-order valence-electron chi connectivity index (χ3n) is 4.66. The first kappa shape index (κ1) is 21.5. The molecule has 0 aliphatic carbocycles. The van der Waals surface area contributed by atoms with Crippen LogP contribution in [0.1, 0.15) is 5.56 Å². The molecule has 168 valence electrons. The lowest BCUT2D eigenvalue weighted by molar-refractivity contribution is 0.479. The molecule has 0 aliphatic heterocycles. The fourth-order valence-electron chi connectivity index (χ4n) is 2.98. The number of nitrogens with zero attached hydrogens (tertiary/aromatic N) is 6. The highest BCUT2D eigenvalue weighted by Crippen LogP contribution is 2.36. The number of H-pyrrole nitrogens is 1. The molecule has 0 radical (unpaired) electrons. The van der Waals surface area contributed by atoms with Crippen LogP contribution in [0.4, 0.5) is 16.0 Å². The number of pyridine rings is 3. The second-order valence-corrected chi connectivity index (χ2v) is 8.16. The van der Waals surface area contributed by atoms with Crippen molar-refractivity contribution in [3.63, 3.8) is 0 Å². The van der Waals surface area contributed by atoms with Gasteiger partial charge in [0.05, 0.1) is 0 Å². The van der Waals surface area contributed by atoms with Crippen molar-refractivity contribution >= 4 is 23.4 Å². The molecule has 0 unspecified atom stereocenters. The van der Waals surface area contributed by atoms with E-state index in [4.69, 9.17) is 4.74 Å². The number of nitrogens with one attached hydrogen (secondary N) is 2. The zero-order valence-electron chi connectivity index (χ0n) is 17.8. The minimum Gasteiger partial charge on any atom is -0.453 e. The summed E-state index contributed by atoms with van der Waals surface area (Å²) in [5.74, 6) is 2.03. The highest BCUT2D eigenvalue weighted by molar-refractivity contribution is 7.99. The van der Waals surface area contributed by atoms with Crippen LogP contribution in [0.2, 0.25) is 0 Å². The van der Waals surface area contributed by atoms with Crippen molar-refractivity contribution in [1.82, 2.24) is 35.6 Å². The Morgan fingerprint density at radius 1 is 1.00 bits per heavy atom. The molecule has 34 heavy (non-hydrogen) atoms. The molecular formula is C23H17FN8OS. The molecular weight excluding hydrogens is 455 g/mol. The number of rotatable bonds is 7. The average Bonchev–Trinajstić information content (AvgIpc) is 3.39. The number of aromatic amines is 1. The molecule has 0 atom stereocenters. The zero-order chi connectivity index (χ0) is 23.3. The lowest BCUT2D eigenvalue weighted by atomic mass is 10.2. The maximum absolute atomic E-state index is 13.4. The second-order valence-electron chi connectivity index (χ2n) is 7.09. The molecule has 1 aromatic carbocycles. The van der Waals surface area contributed by atoms with Crippen molar-refractivity contribution in [2.45, 2.75) is 16.8 Å². The average molecular weight is 473 g/mol. The lowest BCUT2D eigenvalue weighted by Crippen LogP contribution is -2.00. The number of halogens is 1. The van der Waals surface area contributed by atoms with E-state index in [2.05, 4.69) is 40.9 Å². The summed E-state index contributed by atoms with van der Waals surface area (Å²) in [5.41, 5.74) is 1.77. The predicted molar refractivity (Wildman–Crippen MR) is 124 cm³/mol. The number of benzene rings is 1. The van der Waals surface area contributed by atoms with Gasteiger partial charge < -0.3 is 10.1 Å². The molecule has 5 aromatic rings. The Morgan fingerprint density at radius 2 is 1.88 bits per heavy atom. The molecule has 9 nitrogen and oxygen atoms in total. The number of aromatic nitrogens is 7. The molecule has 0 saturated heterocycles. The monoisotopic (exact) mass is 472 g/mol. The van der Waals surface area contributed by atoms with Crippen molar-refractivity contribution in [2.75, 3.05) is 5.32 Å². The van der Waals surface area contributed by atoms with E-state index in [1.807, 2.05) is 31.2 Å². The Morgan fingerprint density at radius 3 is 2.62 bits per heavy atom. The Bertz CT molecular complexity index is 1400. The van der Waals surface area contributed by atoms with Gasteiger partial charge in [-0.05, 0) is 60.2 Å². The quantitative estimate of drug-likeness (QED) is 0.330. The van der Waals surface area contributed by atoms with E-state index in [0.29, 0.717) is 34.5 Å². The Kier molecular flexibility index (Phi) is 6.08. The van der Waals surface area contributed by atoms with E-state index in [9.17, 15) is 4.39 Å². The maximum Gasteiger partial charge on any atom is 0.206 e. The zero-order valence-corrected chi connectivity index (χ0v) is 18.6. The number of tetrazole rings is 1. The minimum atomic E-state index is -0.343. The summed E-state index contributed by atoms with van der Waals surface area (Å²) in [4.78, 5) is 14.2. The fraction of sp³-hybridized carbons (Fsp3) is 0.0435. The summed E-state index contributed by atoms with van der Waals surface area (Å²) in [5, 5.41) is 17.9. The molecule has 0 saturated carbocycles. The van der Waals surface area contributed by atoms with Crippen LogP contribution in [0.3, 0.4) is 0 Å². The fourth-order valence-corrected chi connectivity index (χ4v) is 3.82. The number of aryl methyl sites for hydroxylation is 1. The van der Waals surface area contributed by atoms with Crippen molar-refractivity contribution < 1.29 is 9.13 Å². The van der Waals surface area contributed by atoms with Gasteiger partial charge in [0.15, 0.2) is 11.6 Å². The number of hydrogen-bond acceptors (Lipinski definition) is 9. The van der Waals surface area contributed by atoms with Gasteiger partial charge in [0.1, 0.15) is 22.4 Å². The van der Waals surface area contributed by atoms with E-state index in [1.165, 1.54) is 23.9 Å². The van der Waals surface area contributed by atoms with Gasteiger partial charge in [-0.2, -0.15) is 5.21 Å². The van der Waals surface area contributed by atoms with Gasteiger partial charge >= 0.3 is 0 Å². The molecule has 0 fully saturated rings. The van der Waals surface area contributed by atoms with Crippen molar-refractivity contribution in [2.24, 2.45) is 0 Å². The highest BCUT2D eigenvalue weighted by Gasteiger charge is 2.13. The van der Waals surface area contributed by atoms with Crippen molar-refractivity contribution in [3.05, 3.63) is 84.6 Å². The predicted octanol–water partition coefficient (Wildman–Crippen LogP) is 5.19. The summed E-state index contributed by atoms with van der Waals surface area (Å²) in [6.07, 6.45) is 5.10. The molecule has 0 spiro atoms. The minimum absolute atomic E-state index is 0.343. The summed E-state index contributed by atoms with van der Waals surface area (Å²) >= 11 is 1.48. The van der Waals surface area contributed by atoms with E-state index in [-0.39, 0.29) is 5.82 Å². The highest BCUT2D eigenvalue weighted by atomic mass is 32.2. The second kappa shape index (κ2) is 9.63. The molecule has 0 bridgehead atoms. The lowest BCUT2D eigenvalue weighted by Gasteiger charge is -2.13. The van der Waals surface area contributed by atoms with E-state index < -0.39 is 0 Å². The summed E-state index contributed by atoms with van der Waals surface area (Å²) in [7, 11) is 0. The number of ether oxygens (including phenoxy) is 1. The van der Waals surface area contributed by atoms with Gasteiger partial charge in [-0.15, -0.1) is 10.2 Å². The largest absolute Gasteiger partial charge is 0.453 e. The molecule has 5 rings (SSSR count).